The quantitative estimate of drug-likeness (QED) is 0.154. The van der Waals surface area contributed by atoms with Crippen LogP contribution in [0.1, 0.15) is 65.9 Å². The van der Waals surface area contributed by atoms with Crippen LogP contribution in [-0.2, 0) is 30.2 Å². The third-order valence-electron chi connectivity index (χ3n) is 12.5. The molecule has 2 saturated heterocycles. The second kappa shape index (κ2) is 13.5. The number of alkyl carbamates (subject to hydrolysis) is 1. The van der Waals surface area contributed by atoms with Crippen molar-refractivity contribution in [1.29, 1.82) is 0 Å². The molecule has 13 heteroatoms. The summed E-state index contributed by atoms with van der Waals surface area (Å²) < 4.78 is 18.0. The van der Waals surface area contributed by atoms with Gasteiger partial charge in [-0.15, -0.1) is 23.2 Å². The summed E-state index contributed by atoms with van der Waals surface area (Å²) >= 11 is 12.0. The summed E-state index contributed by atoms with van der Waals surface area (Å²) in [6.45, 7) is 14.4. The number of nitrogens with one attached hydrogen (secondary N) is 1. The summed E-state index contributed by atoms with van der Waals surface area (Å²) in [4.78, 5) is 44.1. The van der Waals surface area contributed by atoms with Gasteiger partial charge in [-0.2, -0.15) is 0 Å². The van der Waals surface area contributed by atoms with E-state index >= 15 is 0 Å². The zero-order valence-electron chi connectivity index (χ0n) is 30.1. The Morgan fingerprint density at radius 2 is 1.75 bits per heavy atom. The van der Waals surface area contributed by atoms with Crippen LogP contribution in [0.2, 0.25) is 0 Å². The van der Waals surface area contributed by atoms with Gasteiger partial charge in [-0.25, -0.2) is 9.59 Å². The molecule has 4 bridgehead atoms. The molecule has 0 radical (unpaired) electrons. The first-order valence-corrected chi connectivity index (χ1v) is 19.1. The van der Waals surface area contributed by atoms with Crippen molar-refractivity contribution < 1.29 is 43.9 Å². The van der Waals surface area contributed by atoms with Crippen molar-refractivity contribution in [2.24, 2.45) is 34.0 Å². The maximum atomic E-state index is 14.6. The lowest BCUT2D eigenvalue weighted by Gasteiger charge is -2.74. The number of halogens is 2. The number of aliphatic hydroxyl groups is 3. The normalized spacial score (nSPS) is 36.9. The molecule has 6 aliphatic rings. The molecule has 1 aromatic rings. The average molecular weight is 752 g/mol. The van der Waals surface area contributed by atoms with E-state index < -0.39 is 87.6 Å². The minimum Gasteiger partial charge on any atom is -0.459 e. The maximum Gasteiger partial charge on any atom is 0.408 e. The number of aliphatic hydroxyl groups excluding tert-OH is 2. The van der Waals surface area contributed by atoms with Gasteiger partial charge < -0.3 is 39.7 Å². The third-order valence-corrected chi connectivity index (χ3v) is 12.9. The Morgan fingerprint density at radius 1 is 1.10 bits per heavy atom. The number of ketones is 1. The van der Waals surface area contributed by atoms with Gasteiger partial charge >= 0.3 is 12.1 Å². The summed E-state index contributed by atoms with van der Waals surface area (Å²) in [6.07, 6.45) is -2.61. The number of amides is 1. The number of carbonyl (C=O) groups excluding carboxylic acids is 3. The van der Waals surface area contributed by atoms with Crippen LogP contribution in [0.3, 0.4) is 0 Å². The molecule has 51 heavy (non-hydrogen) atoms. The highest BCUT2D eigenvalue weighted by molar-refractivity contribution is 6.18. The minimum absolute atomic E-state index is 0.0222. The van der Waals surface area contributed by atoms with Crippen LogP contribution in [0, 0.1) is 34.0 Å². The summed E-state index contributed by atoms with van der Waals surface area (Å²) in [6, 6.07) is 6.20. The molecule has 2 aliphatic heterocycles. The van der Waals surface area contributed by atoms with Crippen molar-refractivity contribution in [3.05, 3.63) is 42.0 Å². The van der Waals surface area contributed by atoms with Gasteiger partial charge in [-0.05, 0) is 81.1 Å². The molecule has 10 atom stereocenters. The number of alkyl halides is 2. The highest BCUT2D eigenvalue weighted by Crippen LogP contribution is 2.76. The Labute approximate surface area is 310 Å². The lowest BCUT2D eigenvalue weighted by Crippen LogP contribution is -2.85. The van der Waals surface area contributed by atoms with Gasteiger partial charge in [-0.3, -0.25) is 4.79 Å². The summed E-state index contributed by atoms with van der Waals surface area (Å²) in [5, 5.41) is 39.1. The van der Waals surface area contributed by atoms with Crippen LogP contribution < -0.4 is 10.2 Å². The number of fused-ring (bicyclic) bond motifs is 2. The van der Waals surface area contributed by atoms with Gasteiger partial charge in [0, 0.05) is 54.2 Å². The number of rotatable bonds is 10. The highest BCUT2D eigenvalue weighted by atomic mass is 35.5. The first-order chi connectivity index (χ1) is 23.9. The number of ether oxygens (including phenoxy) is 3. The van der Waals surface area contributed by atoms with E-state index in [9.17, 15) is 29.7 Å². The molecule has 11 nitrogen and oxygen atoms in total. The molecule has 4 aliphatic carbocycles. The van der Waals surface area contributed by atoms with E-state index in [1.807, 2.05) is 43.0 Å². The van der Waals surface area contributed by atoms with Crippen molar-refractivity contribution in [2.75, 3.05) is 36.4 Å². The van der Waals surface area contributed by atoms with Crippen LogP contribution >= 0.6 is 23.2 Å². The fraction of sp³-hybridized carbons (Fsp3) is 0.711. The number of hydrogen-bond acceptors (Lipinski definition) is 10. The molecule has 282 valence electrons. The number of anilines is 1. The molecule has 2 heterocycles. The standard InChI is InChI=1S/C38H52Cl2N2O9/c1-21-24-11-12-26-36-20-49-38(48,30(45)28(36)35(5,6)14-13-27(36)43)37(26,29(21)44)31(24)50-32(46)25(41-33(47)51-34(2,3)4)19-22-7-9-23(10-8-22)42(17-15-39)18-16-40/h7-10,24-28,30-31,43,45,48H,1,11-20H2,2-6H3,(H,41,47)/t24?,25-,26?,27-,28+,30-,31+,36?,37?,38-/m0/s1. The van der Waals surface area contributed by atoms with Gasteiger partial charge in [0.1, 0.15) is 29.3 Å². The second-order valence-corrected chi connectivity index (χ2v) is 17.6. The molecule has 1 aromatic carbocycles. The zero-order valence-corrected chi connectivity index (χ0v) is 31.6. The Balaban J connectivity index is 1.36. The van der Waals surface area contributed by atoms with E-state index in [1.54, 1.807) is 20.8 Å². The van der Waals surface area contributed by atoms with Crippen molar-refractivity contribution in [1.82, 2.24) is 5.32 Å². The number of esters is 1. The van der Waals surface area contributed by atoms with Crippen LogP contribution in [0.4, 0.5) is 10.5 Å². The maximum absolute atomic E-state index is 14.6. The summed E-state index contributed by atoms with van der Waals surface area (Å²) in [7, 11) is 0. The number of benzene rings is 1. The van der Waals surface area contributed by atoms with Crippen LogP contribution in [0.15, 0.2) is 36.4 Å². The van der Waals surface area contributed by atoms with E-state index in [2.05, 4.69) is 11.9 Å². The van der Waals surface area contributed by atoms with Gasteiger partial charge in [0.2, 0.25) is 5.79 Å². The van der Waals surface area contributed by atoms with E-state index in [-0.39, 0.29) is 18.6 Å². The Kier molecular flexibility index (Phi) is 10.1. The molecule has 7 rings (SSSR count). The third kappa shape index (κ3) is 5.89. The van der Waals surface area contributed by atoms with E-state index in [1.165, 1.54) is 0 Å². The first-order valence-electron chi connectivity index (χ1n) is 18.0. The summed E-state index contributed by atoms with van der Waals surface area (Å²) in [5.74, 6) is -4.83. The highest BCUT2D eigenvalue weighted by Gasteiger charge is 2.87. The fourth-order valence-electron chi connectivity index (χ4n) is 10.5. The lowest BCUT2D eigenvalue weighted by atomic mass is 9.35. The Bertz CT molecular complexity index is 1540. The number of nitrogens with zero attached hydrogens (tertiary/aromatic N) is 1. The summed E-state index contributed by atoms with van der Waals surface area (Å²) in [5.41, 5.74) is -2.52. The predicted octanol–water partition coefficient (Wildman–Crippen LogP) is 4.35. The van der Waals surface area contributed by atoms with Crippen molar-refractivity contribution >= 4 is 46.7 Å². The lowest BCUT2D eigenvalue weighted by molar-refractivity contribution is -0.458. The second-order valence-electron chi connectivity index (χ2n) is 16.8. The largest absolute Gasteiger partial charge is 0.459 e. The molecule has 0 aromatic heterocycles. The zero-order chi connectivity index (χ0) is 37.3. The molecule has 1 amide bonds. The molecule has 4 N–H and O–H groups in total. The van der Waals surface area contributed by atoms with Crippen molar-refractivity contribution in [3.8, 4) is 0 Å². The van der Waals surface area contributed by atoms with Gasteiger partial charge in [0.05, 0.1) is 12.7 Å². The molecule has 4 saturated carbocycles. The fourth-order valence-corrected chi connectivity index (χ4v) is 10.9. The predicted molar refractivity (Wildman–Crippen MR) is 191 cm³/mol. The van der Waals surface area contributed by atoms with Crippen molar-refractivity contribution in [2.45, 2.75) is 102 Å². The van der Waals surface area contributed by atoms with E-state index in [4.69, 9.17) is 37.4 Å². The first kappa shape index (κ1) is 38.3. The smallest absolute Gasteiger partial charge is 0.408 e. The van der Waals surface area contributed by atoms with Gasteiger partial charge in [-0.1, -0.05) is 32.6 Å². The van der Waals surface area contributed by atoms with Crippen LogP contribution in [0.25, 0.3) is 0 Å². The van der Waals surface area contributed by atoms with Gasteiger partial charge in [0.25, 0.3) is 0 Å². The molecule has 6 fully saturated rings. The number of carbonyl (C=O) groups is 3. The van der Waals surface area contributed by atoms with Gasteiger partial charge in [0.15, 0.2) is 5.78 Å². The van der Waals surface area contributed by atoms with Crippen molar-refractivity contribution in [3.63, 3.8) is 0 Å². The molecule has 4 unspecified atom stereocenters. The van der Waals surface area contributed by atoms with Crippen LogP contribution in [0.5, 0.6) is 0 Å². The van der Waals surface area contributed by atoms with Crippen LogP contribution in [-0.4, -0.2) is 100 Å². The van der Waals surface area contributed by atoms with E-state index in [0.29, 0.717) is 56.1 Å². The minimum atomic E-state index is -2.40. The Hall–Kier alpha value is -2.41. The SMILES string of the molecule is C=C1C(=O)C23C(CCC1[C@H]2OC(=O)[C@H](Cc1ccc(N(CCCl)CCCl)cc1)NC(=O)OC(C)(C)C)C12CO[C@@]3(O)[C@@H](O)[C@@H]1C(C)(C)CC[C@@H]2O. The molecule has 2 spiro atoms. The monoisotopic (exact) mass is 750 g/mol. The average Bonchev–Trinajstić information content (AvgIpc) is 3.16. The Morgan fingerprint density at radius 3 is 2.35 bits per heavy atom. The molecular formula is C38H52Cl2N2O9. The number of hydrogen-bond donors (Lipinski definition) is 4. The topological polar surface area (TPSA) is 155 Å². The van der Waals surface area contributed by atoms with E-state index in [0.717, 1.165) is 5.69 Å². The number of Topliss-reactive ketones (excluding diaryl/α,β-unsaturated/α-hetero) is 1. The molecular weight excluding hydrogens is 699 g/mol.